The highest BCUT2D eigenvalue weighted by Gasteiger charge is 2.11. The molecule has 0 aliphatic carbocycles. The monoisotopic (exact) mass is 344 g/mol. The highest BCUT2D eigenvalue weighted by atomic mass is 19.1. The number of halogens is 1. The highest BCUT2D eigenvalue weighted by Crippen LogP contribution is 2.15. The zero-order chi connectivity index (χ0) is 18.1. The van der Waals surface area contributed by atoms with Crippen LogP contribution in [0.15, 0.2) is 48.5 Å². The molecule has 0 heterocycles. The maximum atomic E-state index is 13.5. The predicted octanol–water partition coefficient (Wildman–Crippen LogP) is 2.77. The van der Waals surface area contributed by atoms with E-state index in [0.29, 0.717) is 36.3 Å². The maximum absolute atomic E-state index is 13.5. The lowest BCUT2D eigenvalue weighted by molar-refractivity contribution is -0.120. The smallest absolute Gasteiger partial charge is 0.339 e. The van der Waals surface area contributed by atoms with E-state index in [1.807, 2.05) is 0 Å². The number of hydrogen-bond acceptors (Lipinski definition) is 4. The number of benzene rings is 2. The van der Waals surface area contributed by atoms with Crippen LogP contribution in [0.5, 0.6) is 0 Å². The second kappa shape index (κ2) is 9.42. The first kappa shape index (κ1) is 18.4. The lowest BCUT2D eigenvalue weighted by Gasteiger charge is -2.11. The molecule has 2 rings (SSSR count). The van der Waals surface area contributed by atoms with Crippen molar-refractivity contribution in [2.75, 3.05) is 25.5 Å². The number of amides is 1. The van der Waals surface area contributed by atoms with Gasteiger partial charge < -0.3 is 15.4 Å². The summed E-state index contributed by atoms with van der Waals surface area (Å²) in [5.74, 6) is -0.838. The van der Waals surface area contributed by atoms with Gasteiger partial charge in [-0.1, -0.05) is 30.3 Å². The first-order valence-corrected chi connectivity index (χ1v) is 8.03. The van der Waals surface area contributed by atoms with E-state index in [1.54, 1.807) is 42.5 Å². The van der Waals surface area contributed by atoms with Crippen LogP contribution in [0, 0.1) is 5.82 Å². The molecule has 0 atom stereocenters. The van der Waals surface area contributed by atoms with Crippen molar-refractivity contribution in [3.63, 3.8) is 0 Å². The van der Waals surface area contributed by atoms with Crippen LogP contribution in [-0.4, -0.2) is 32.1 Å². The van der Waals surface area contributed by atoms with Crippen LogP contribution in [0.1, 0.15) is 22.3 Å². The van der Waals surface area contributed by atoms with E-state index < -0.39 is 5.97 Å². The number of anilines is 1. The fraction of sp³-hybridized carbons (Fsp3) is 0.263. The van der Waals surface area contributed by atoms with E-state index in [1.165, 1.54) is 13.2 Å². The number of rotatable bonds is 8. The molecule has 0 aliphatic heterocycles. The molecule has 2 aromatic carbocycles. The maximum Gasteiger partial charge on any atom is 0.339 e. The Morgan fingerprint density at radius 2 is 1.76 bits per heavy atom. The Bertz CT molecular complexity index is 734. The molecule has 0 spiro atoms. The van der Waals surface area contributed by atoms with Gasteiger partial charge in [0.1, 0.15) is 5.82 Å². The quantitative estimate of drug-likeness (QED) is 0.723. The van der Waals surface area contributed by atoms with Gasteiger partial charge in [0.2, 0.25) is 5.91 Å². The SMILES string of the molecule is COC(=O)c1ccccc1NCCC(=O)NCCc1ccccc1F. The van der Waals surface area contributed by atoms with Crippen LogP contribution in [0.2, 0.25) is 0 Å². The molecule has 6 heteroatoms. The number of nitrogens with one attached hydrogen (secondary N) is 2. The van der Waals surface area contributed by atoms with Crippen molar-refractivity contribution in [1.29, 1.82) is 0 Å². The van der Waals surface area contributed by atoms with Crippen molar-refractivity contribution >= 4 is 17.6 Å². The van der Waals surface area contributed by atoms with Crippen LogP contribution < -0.4 is 10.6 Å². The molecule has 0 saturated carbocycles. The molecule has 2 aromatic rings. The standard InChI is InChI=1S/C19H21FN2O3/c1-25-19(24)15-7-3-5-9-17(15)21-13-11-18(23)22-12-10-14-6-2-4-8-16(14)20/h2-9,21H,10-13H2,1H3,(H,22,23). The molecule has 25 heavy (non-hydrogen) atoms. The molecular weight excluding hydrogens is 323 g/mol. The van der Waals surface area contributed by atoms with E-state index in [-0.39, 0.29) is 18.1 Å². The van der Waals surface area contributed by atoms with Crippen molar-refractivity contribution in [2.24, 2.45) is 0 Å². The van der Waals surface area contributed by atoms with Gasteiger partial charge in [-0.15, -0.1) is 0 Å². The van der Waals surface area contributed by atoms with E-state index in [9.17, 15) is 14.0 Å². The fourth-order valence-corrected chi connectivity index (χ4v) is 2.36. The van der Waals surface area contributed by atoms with Crippen LogP contribution in [0.3, 0.4) is 0 Å². The molecule has 0 aromatic heterocycles. The van der Waals surface area contributed by atoms with Gasteiger partial charge in [-0.3, -0.25) is 4.79 Å². The Morgan fingerprint density at radius 1 is 1.04 bits per heavy atom. The summed E-state index contributed by atoms with van der Waals surface area (Å²) >= 11 is 0. The number of ether oxygens (including phenoxy) is 1. The van der Waals surface area contributed by atoms with Crippen LogP contribution in [-0.2, 0) is 16.0 Å². The highest BCUT2D eigenvalue weighted by molar-refractivity contribution is 5.95. The van der Waals surface area contributed by atoms with E-state index in [4.69, 9.17) is 4.74 Å². The Hall–Kier alpha value is -2.89. The zero-order valence-electron chi connectivity index (χ0n) is 14.0. The lowest BCUT2D eigenvalue weighted by atomic mass is 10.1. The van der Waals surface area contributed by atoms with E-state index in [2.05, 4.69) is 10.6 Å². The summed E-state index contributed by atoms with van der Waals surface area (Å²) in [6.45, 7) is 0.748. The summed E-state index contributed by atoms with van der Waals surface area (Å²) < 4.78 is 18.2. The summed E-state index contributed by atoms with van der Waals surface area (Å²) in [6, 6.07) is 13.5. The number of esters is 1. The summed E-state index contributed by atoms with van der Waals surface area (Å²) in [5.41, 5.74) is 1.62. The summed E-state index contributed by atoms with van der Waals surface area (Å²) in [6.07, 6.45) is 0.684. The second-order valence-electron chi connectivity index (χ2n) is 5.41. The van der Waals surface area contributed by atoms with Gasteiger partial charge in [-0.2, -0.15) is 0 Å². The van der Waals surface area contributed by atoms with Crippen molar-refractivity contribution in [3.8, 4) is 0 Å². The topological polar surface area (TPSA) is 67.4 Å². The number of hydrogen-bond donors (Lipinski definition) is 2. The number of carbonyl (C=O) groups excluding carboxylic acids is 2. The molecule has 0 saturated heterocycles. The third kappa shape index (κ3) is 5.60. The average molecular weight is 344 g/mol. The van der Waals surface area contributed by atoms with Crippen LogP contribution >= 0.6 is 0 Å². The largest absolute Gasteiger partial charge is 0.465 e. The Morgan fingerprint density at radius 3 is 2.52 bits per heavy atom. The number of methoxy groups -OCH3 is 1. The molecule has 1 amide bonds. The Balaban J connectivity index is 1.74. The third-order valence-corrected chi connectivity index (χ3v) is 3.67. The molecule has 0 unspecified atom stereocenters. The Labute approximate surface area is 146 Å². The molecular formula is C19H21FN2O3. The fourth-order valence-electron chi connectivity index (χ4n) is 2.36. The van der Waals surface area contributed by atoms with E-state index >= 15 is 0 Å². The van der Waals surface area contributed by atoms with Crippen LogP contribution in [0.25, 0.3) is 0 Å². The first-order chi connectivity index (χ1) is 12.1. The number of carbonyl (C=O) groups is 2. The molecule has 0 bridgehead atoms. The van der Waals surface area contributed by atoms with Gasteiger partial charge in [0.25, 0.3) is 0 Å². The Kier molecular flexibility index (Phi) is 6.95. The normalized spacial score (nSPS) is 10.2. The first-order valence-electron chi connectivity index (χ1n) is 8.03. The van der Waals surface area contributed by atoms with Crippen LogP contribution in [0.4, 0.5) is 10.1 Å². The summed E-state index contributed by atoms with van der Waals surface area (Å²) in [5, 5.41) is 5.81. The van der Waals surface area contributed by atoms with Gasteiger partial charge in [0.05, 0.1) is 12.7 Å². The number of para-hydroxylation sites is 1. The predicted molar refractivity (Wildman–Crippen MR) is 94.0 cm³/mol. The van der Waals surface area contributed by atoms with Crippen molar-refractivity contribution in [2.45, 2.75) is 12.8 Å². The van der Waals surface area contributed by atoms with Crippen molar-refractivity contribution in [3.05, 3.63) is 65.5 Å². The molecule has 0 radical (unpaired) electrons. The van der Waals surface area contributed by atoms with Gasteiger partial charge in [-0.25, -0.2) is 9.18 Å². The van der Waals surface area contributed by atoms with Gasteiger partial charge in [0, 0.05) is 25.2 Å². The van der Waals surface area contributed by atoms with Gasteiger partial charge in [0.15, 0.2) is 0 Å². The van der Waals surface area contributed by atoms with Crippen molar-refractivity contribution < 1.29 is 18.7 Å². The zero-order valence-corrected chi connectivity index (χ0v) is 14.0. The van der Waals surface area contributed by atoms with Gasteiger partial charge in [-0.05, 0) is 30.2 Å². The molecule has 0 aliphatic rings. The van der Waals surface area contributed by atoms with Gasteiger partial charge >= 0.3 is 5.97 Å². The second-order valence-corrected chi connectivity index (χ2v) is 5.41. The minimum atomic E-state index is -0.433. The molecule has 132 valence electrons. The molecule has 2 N–H and O–H groups in total. The lowest BCUT2D eigenvalue weighted by Crippen LogP contribution is -2.27. The average Bonchev–Trinajstić information content (AvgIpc) is 2.63. The van der Waals surface area contributed by atoms with E-state index in [0.717, 1.165) is 0 Å². The third-order valence-electron chi connectivity index (χ3n) is 3.67. The molecule has 5 nitrogen and oxygen atoms in total. The minimum absolute atomic E-state index is 0.139. The molecule has 0 fully saturated rings. The van der Waals surface area contributed by atoms with Crippen molar-refractivity contribution in [1.82, 2.24) is 5.32 Å². The summed E-state index contributed by atoms with van der Waals surface area (Å²) in [7, 11) is 1.32. The minimum Gasteiger partial charge on any atom is -0.465 e. The summed E-state index contributed by atoms with van der Waals surface area (Å²) in [4.78, 5) is 23.5.